The third-order valence-corrected chi connectivity index (χ3v) is 3.48. The molecule has 0 saturated heterocycles. The van der Waals surface area contributed by atoms with Gasteiger partial charge in [0.1, 0.15) is 0 Å². The highest BCUT2D eigenvalue weighted by Gasteiger charge is 2.18. The van der Waals surface area contributed by atoms with Crippen LogP contribution < -0.4 is 5.32 Å². The zero-order valence-corrected chi connectivity index (χ0v) is 13.4. The molecule has 3 rings (SSSR count). The van der Waals surface area contributed by atoms with Gasteiger partial charge in [-0.15, -0.1) is 0 Å². The summed E-state index contributed by atoms with van der Waals surface area (Å²) in [6, 6.07) is 11.2. The Kier molecular flexibility index (Phi) is 4.51. The van der Waals surface area contributed by atoms with Gasteiger partial charge in [0.25, 0.3) is 5.91 Å². The van der Waals surface area contributed by atoms with Crippen LogP contribution in [0.4, 0.5) is 5.95 Å². The number of amides is 1. The van der Waals surface area contributed by atoms with Crippen LogP contribution in [0.2, 0.25) is 0 Å². The van der Waals surface area contributed by atoms with Gasteiger partial charge in [-0.05, 0) is 0 Å². The zero-order valence-electron chi connectivity index (χ0n) is 13.4. The third-order valence-electron chi connectivity index (χ3n) is 3.48. The number of benzene rings is 1. The van der Waals surface area contributed by atoms with E-state index < -0.39 is 0 Å². The van der Waals surface area contributed by atoms with Crippen LogP contribution >= 0.6 is 0 Å². The largest absolute Gasteiger partial charge is 0.357 e. The molecular weight excluding hydrogens is 306 g/mol. The Morgan fingerprint density at radius 3 is 2.58 bits per heavy atom. The van der Waals surface area contributed by atoms with E-state index in [1.807, 2.05) is 30.3 Å². The summed E-state index contributed by atoms with van der Waals surface area (Å²) < 4.78 is 5.27. The first kappa shape index (κ1) is 15.7. The lowest BCUT2D eigenvalue weighted by Crippen LogP contribution is -2.26. The summed E-state index contributed by atoms with van der Waals surface area (Å²) in [5.74, 6) is 0.879. The van der Waals surface area contributed by atoms with Gasteiger partial charge in [-0.1, -0.05) is 35.5 Å². The van der Waals surface area contributed by atoms with E-state index in [1.54, 1.807) is 37.5 Å². The average Bonchev–Trinajstić information content (AvgIpc) is 3.12. The number of hydrogen-bond donors (Lipinski definition) is 1. The zero-order chi connectivity index (χ0) is 16.9. The average molecular weight is 323 g/mol. The quantitative estimate of drug-likeness (QED) is 0.776. The molecule has 1 N–H and O–H groups in total. The normalized spacial score (nSPS) is 10.4. The summed E-state index contributed by atoms with van der Waals surface area (Å²) in [4.78, 5) is 22.3. The third kappa shape index (κ3) is 3.40. The Bertz CT molecular complexity index is 815. The summed E-state index contributed by atoms with van der Waals surface area (Å²) in [5.41, 5.74) is 1.98. The van der Waals surface area contributed by atoms with E-state index in [9.17, 15) is 4.79 Å². The number of carbonyl (C=O) groups is 1. The molecule has 0 unspecified atom stereocenters. The standard InChI is InChI=1S/C17H17N5O2/c1-18-17-19-9-12(10-20-17)11-22(2)16(23)14-8-15(24-21-14)13-6-4-3-5-7-13/h3-10H,11H2,1-2H3,(H,18,19,20). The van der Waals surface area contributed by atoms with Crippen molar-refractivity contribution in [2.45, 2.75) is 6.54 Å². The van der Waals surface area contributed by atoms with Gasteiger partial charge in [0, 0.05) is 50.2 Å². The molecule has 0 aliphatic heterocycles. The SMILES string of the molecule is CNc1ncc(CN(C)C(=O)c2cc(-c3ccccc3)on2)cn1. The molecule has 3 aromatic rings. The Labute approximate surface area is 139 Å². The van der Waals surface area contributed by atoms with Crippen LogP contribution in [0.3, 0.4) is 0 Å². The number of nitrogens with zero attached hydrogens (tertiary/aromatic N) is 4. The van der Waals surface area contributed by atoms with Crippen molar-refractivity contribution in [3.05, 3.63) is 60.0 Å². The molecule has 0 bridgehead atoms. The summed E-state index contributed by atoms with van der Waals surface area (Å²) in [7, 11) is 3.45. The van der Waals surface area contributed by atoms with Crippen molar-refractivity contribution in [1.29, 1.82) is 0 Å². The van der Waals surface area contributed by atoms with Crippen molar-refractivity contribution < 1.29 is 9.32 Å². The smallest absolute Gasteiger partial charge is 0.276 e. The van der Waals surface area contributed by atoms with Gasteiger partial charge in [0.15, 0.2) is 11.5 Å². The lowest BCUT2D eigenvalue weighted by Gasteiger charge is -2.15. The second kappa shape index (κ2) is 6.91. The fourth-order valence-electron chi connectivity index (χ4n) is 2.22. The molecule has 1 amide bonds. The molecule has 24 heavy (non-hydrogen) atoms. The van der Waals surface area contributed by atoms with Crippen LogP contribution in [-0.4, -0.2) is 40.0 Å². The van der Waals surface area contributed by atoms with Crippen molar-refractivity contribution in [2.24, 2.45) is 0 Å². The molecular formula is C17H17N5O2. The Hall–Kier alpha value is -3.22. The first-order valence-corrected chi connectivity index (χ1v) is 7.43. The lowest BCUT2D eigenvalue weighted by atomic mass is 10.1. The highest BCUT2D eigenvalue weighted by molar-refractivity contribution is 5.92. The molecule has 0 fully saturated rings. The predicted molar refractivity (Wildman–Crippen MR) is 89.3 cm³/mol. The molecule has 2 heterocycles. The number of hydrogen-bond acceptors (Lipinski definition) is 6. The van der Waals surface area contributed by atoms with Gasteiger partial charge in [0.05, 0.1) is 0 Å². The minimum atomic E-state index is -0.223. The predicted octanol–water partition coefficient (Wildman–Crippen LogP) is 2.45. The fourth-order valence-corrected chi connectivity index (χ4v) is 2.22. The van der Waals surface area contributed by atoms with Gasteiger partial charge in [0.2, 0.25) is 5.95 Å². The van der Waals surface area contributed by atoms with Gasteiger partial charge >= 0.3 is 0 Å². The lowest BCUT2D eigenvalue weighted by molar-refractivity contribution is 0.0774. The number of nitrogens with one attached hydrogen (secondary N) is 1. The topological polar surface area (TPSA) is 84.2 Å². The van der Waals surface area contributed by atoms with Crippen LogP contribution in [0, 0.1) is 0 Å². The number of carbonyl (C=O) groups excluding carboxylic acids is 1. The van der Waals surface area contributed by atoms with Crippen molar-refractivity contribution in [2.75, 3.05) is 19.4 Å². The van der Waals surface area contributed by atoms with E-state index in [1.165, 1.54) is 0 Å². The summed E-state index contributed by atoms with van der Waals surface area (Å²) in [5, 5.41) is 6.72. The van der Waals surface area contributed by atoms with Crippen LogP contribution in [0.5, 0.6) is 0 Å². The first-order valence-electron chi connectivity index (χ1n) is 7.43. The molecule has 0 saturated carbocycles. The summed E-state index contributed by atoms with van der Waals surface area (Å²) >= 11 is 0. The van der Waals surface area contributed by atoms with Crippen molar-refractivity contribution in [1.82, 2.24) is 20.0 Å². The van der Waals surface area contributed by atoms with E-state index in [4.69, 9.17) is 4.52 Å². The van der Waals surface area contributed by atoms with E-state index in [0.717, 1.165) is 11.1 Å². The van der Waals surface area contributed by atoms with Gasteiger partial charge in [-0.3, -0.25) is 4.79 Å². The number of anilines is 1. The monoisotopic (exact) mass is 323 g/mol. The highest BCUT2D eigenvalue weighted by atomic mass is 16.5. The van der Waals surface area contributed by atoms with Gasteiger partial charge in [-0.25, -0.2) is 9.97 Å². The maximum atomic E-state index is 12.5. The Morgan fingerprint density at radius 1 is 1.21 bits per heavy atom. The maximum Gasteiger partial charge on any atom is 0.276 e. The summed E-state index contributed by atoms with van der Waals surface area (Å²) in [6.45, 7) is 0.385. The van der Waals surface area contributed by atoms with Crippen LogP contribution in [0.1, 0.15) is 16.1 Å². The number of aromatic nitrogens is 3. The van der Waals surface area contributed by atoms with Gasteiger partial charge < -0.3 is 14.7 Å². The van der Waals surface area contributed by atoms with Crippen molar-refractivity contribution in [3.8, 4) is 11.3 Å². The van der Waals surface area contributed by atoms with Crippen molar-refractivity contribution in [3.63, 3.8) is 0 Å². The molecule has 0 aliphatic carbocycles. The molecule has 122 valence electrons. The summed E-state index contributed by atoms with van der Waals surface area (Å²) in [6.07, 6.45) is 3.36. The van der Waals surface area contributed by atoms with E-state index in [0.29, 0.717) is 18.3 Å². The Balaban J connectivity index is 1.70. The van der Waals surface area contributed by atoms with E-state index in [2.05, 4.69) is 20.4 Å². The minimum Gasteiger partial charge on any atom is -0.357 e. The second-order valence-electron chi connectivity index (χ2n) is 5.27. The molecule has 2 aromatic heterocycles. The molecule has 7 heteroatoms. The van der Waals surface area contributed by atoms with Crippen LogP contribution in [0.25, 0.3) is 11.3 Å². The van der Waals surface area contributed by atoms with Crippen LogP contribution in [0.15, 0.2) is 53.3 Å². The van der Waals surface area contributed by atoms with E-state index >= 15 is 0 Å². The van der Waals surface area contributed by atoms with E-state index in [-0.39, 0.29) is 11.6 Å². The second-order valence-corrected chi connectivity index (χ2v) is 5.27. The minimum absolute atomic E-state index is 0.223. The van der Waals surface area contributed by atoms with Crippen LogP contribution in [-0.2, 0) is 6.54 Å². The Morgan fingerprint density at radius 2 is 1.92 bits per heavy atom. The number of rotatable bonds is 5. The molecule has 7 nitrogen and oxygen atoms in total. The highest BCUT2D eigenvalue weighted by Crippen LogP contribution is 2.20. The fraction of sp³-hybridized carbons (Fsp3) is 0.176. The van der Waals surface area contributed by atoms with Gasteiger partial charge in [-0.2, -0.15) is 0 Å². The molecule has 0 spiro atoms. The maximum absolute atomic E-state index is 12.5. The molecule has 1 aromatic carbocycles. The molecule has 0 radical (unpaired) electrons. The first-order chi connectivity index (χ1) is 11.7. The van der Waals surface area contributed by atoms with Crippen molar-refractivity contribution >= 4 is 11.9 Å². The molecule has 0 aliphatic rings. The molecule has 0 atom stereocenters.